The predicted octanol–water partition coefficient (Wildman–Crippen LogP) is 0.694. The molecule has 1 fully saturated rings. The van der Waals surface area contributed by atoms with Crippen molar-refractivity contribution >= 4 is 11.9 Å². The van der Waals surface area contributed by atoms with Gasteiger partial charge in [-0.3, -0.25) is 14.9 Å². The molecule has 0 saturated carbocycles. The van der Waals surface area contributed by atoms with Crippen molar-refractivity contribution in [3.63, 3.8) is 0 Å². The summed E-state index contributed by atoms with van der Waals surface area (Å²) in [6, 6.07) is 6.66. The van der Waals surface area contributed by atoms with Gasteiger partial charge in [0.1, 0.15) is 6.04 Å². The van der Waals surface area contributed by atoms with Crippen LogP contribution in [0, 0.1) is 0 Å². The van der Waals surface area contributed by atoms with E-state index in [2.05, 4.69) is 15.6 Å². The summed E-state index contributed by atoms with van der Waals surface area (Å²) in [5.74, 6) is -1.08. The van der Waals surface area contributed by atoms with Crippen LogP contribution < -0.4 is 10.6 Å². The summed E-state index contributed by atoms with van der Waals surface area (Å²) in [6.07, 6.45) is 6.25. The van der Waals surface area contributed by atoms with Crippen LogP contribution in [0.5, 0.6) is 0 Å². The molecule has 23 heavy (non-hydrogen) atoms. The number of benzene rings is 1. The van der Waals surface area contributed by atoms with E-state index in [1.807, 2.05) is 35.0 Å². The third-order valence-corrected chi connectivity index (χ3v) is 3.99. The van der Waals surface area contributed by atoms with Crippen LogP contribution in [0.1, 0.15) is 18.4 Å². The van der Waals surface area contributed by atoms with Crippen molar-refractivity contribution in [2.24, 2.45) is 0 Å². The number of rotatable bonds is 5. The van der Waals surface area contributed by atoms with Crippen LogP contribution in [-0.4, -0.2) is 38.6 Å². The Morgan fingerprint density at radius 3 is 2.78 bits per heavy atom. The number of imidazole rings is 1. The van der Waals surface area contributed by atoms with Crippen molar-refractivity contribution in [3.8, 4) is 5.69 Å². The zero-order valence-electron chi connectivity index (χ0n) is 12.5. The van der Waals surface area contributed by atoms with Gasteiger partial charge in [-0.15, -0.1) is 0 Å². The summed E-state index contributed by atoms with van der Waals surface area (Å²) in [6.45, 7) is 0.378. The van der Waals surface area contributed by atoms with Crippen LogP contribution in [-0.2, 0) is 16.1 Å². The first-order valence-corrected chi connectivity index (χ1v) is 7.48. The number of carboxylic acids is 1. The van der Waals surface area contributed by atoms with Gasteiger partial charge in [-0.2, -0.15) is 0 Å². The van der Waals surface area contributed by atoms with Crippen LogP contribution >= 0.6 is 0 Å². The molecule has 3 rings (SSSR count). The second kappa shape index (κ2) is 6.62. The molecule has 7 heteroatoms. The molecule has 2 aromatic rings. The highest BCUT2D eigenvalue weighted by atomic mass is 16.4. The fourth-order valence-corrected chi connectivity index (χ4v) is 2.76. The van der Waals surface area contributed by atoms with Crippen LogP contribution in [0.3, 0.4) is 0 Å². The molecule has 2 atom stereocenters. The average molecular weight is 314 g/mol. The summed E-state index contributed by atoms with van der Waals surface area (Å²) in [7, 11) is 0. The number of hydrogen-bond acceptors (Lipinski definition) is 4. The van der Waals surface area contributed by atoms with E-state index in [0.29, 0.717) is 19.4 Å². The van der Waals surface area contributed by atoms with E-state index in [-0.39, 0.29) is 5.91 Å². The first-order chi connectivity index (χ1) is 11.1. The largest absolute Gasteiger partial charge is 0.480 e. The highest BCUT2D eigenvalue weighted by molar-refractivity contribution is 5.84. The zero-order chi connectivity index (χ0) is 16.2. The SMILES string of the molecule is O=C(O)[C@@H]1CC[C@H](C(=O)NCc2ccccc2-n2ccnc2)N1. The van der Waals surface area contributed by atoms with Gasteiger partial charge >= 0.3 is 5.97 Å². The van der Waals surface area contributed by atoms with Gasteiger partial charge in [0.05, 0.1) is 18.1 Å². The fraction of sp³-hybridized carbons (Fsp3) is 0.312. The maximum atomic E-state index is 12.2. The Labute approximate surface area is 133 Å². The quantitative estimate of drug-likeness (QED) is 0.755. The topological polar surface area (TPSA) is 96.2 Å². The van der Waals surface area contributed by atoms with Crippen LogP contribution in [0.4, 0.5) is 0 Å². The number of carbonyl (C=O) groups excluding carboxylic acids is 1. The normalized spacial score (nSPS) is 20.3. The number of aliphatic carboxylic acids is 1. The third kappa shape index (κ3) is 3.40. The van der Waals surface area contributed by atoms with Gasteiger partial charge in [-0.25, -0.2) is 4.98 Å². The molecule has 120 valence electrons. The highest BCUT2D eigenvalue weighted by Crippen LogP contribution is 2.15. The van der Waals surface area contributed by atoms with Crippen LogP contribution in [0.2, 0.25) is 0 Å². The summed E-state index contributed by atoms with van der Waals surface area (Å²) < 4.78 is 1.88. The molecular formula is C16H18N4O3. The number of nitrogens with one attached hydrogen (secondary N) is 2. The van der Waals surface area contributed by atoms with E-state index in [0.717, 1.165) is 11.3 Å². The second-order valence-corrected chi connectivity index (χ2v) is 5.50. The van der Waals surface area contributed by atoms with Crippen molar-refractivity contribution in [2.75, 3.05) is 0 Å². The van der Waals surface area contributed by atoms with E-state index < -0.39 is 18.1 Å². The smallest absolute Gasteiger partial charge is 0.320 e. The minimum atomic E-state index is -0.911. The first-order valence-electron chi connectivity index (χ1n) is 7.48. The lowest BCUT2D eigenvalue weighted by molar-refractivity contribution is -0.139. The molecule has 3 N–H and O–H groups in total. The number of aromatic nitrogens is 2. The van der Waals surface area contributed by atoms with E-state index >= 15 is 0 Å². The Morgan fingerprint density at radius 1 is 1.30 bits per heavy atom. The number of carbonyl (C=O) groups is 2. The maximum absolute atomic E-state index is 12.2. The lowest BCUT2D eigenvalue weighted by Gasteiger charge is -2.14. The molecule has 0 bridgehead atoms. The molecule has 0 spiro atoms. The number of amides is 1. The maximum Gasteiger partial charge on any atom is 0.320 e. The lowest BCUT2D eigenvalue weighted by Crippen LogP contribution is -2.44. The molecule has 1 amide bonds. The van der Waals surface area contributed by atoms with Crippen molar-refractivity contribution in [1.29, 1.82) is 0 Å². The number of nitrogens with zero attached hydrogens (tertiary/aromatic N) is 2. The van der Waals surface area contributed by atoms with E-state index in [9.17, 15) is 9.59 Å². The Hall–Kier alpha value is -2.67. The van der Waals surface area contributed by atoms with Gasteiger partial charge in [-0.05, 0) is 24.5 Å². The van der Waals surface area contributed by atoms with Crippen molar-refractivity contribution in [3.05, 3.63) is 48.5 Å². The Balaban J connectivity index is 1.63. The molecular weight excluding hydrogens is 296 g/mol. The molecule has 1 aliphatic heterocycles. The third-order valence-electron chi connectivity index (χ3n) is 3.99. The van der Waals surface area contributed by atoms with Crippen molar-refractivity contribution < 1.29 is 14.7 Å². The van der Waals surface area contributed by atoms with Crippen LogP contribution in [0.15, 0.2) is 43.0 Å². The minimum Gasteiger partial charge on any atom is -0.480 e. The number of para-hydroxylation sites is 1. The van der Waals surface area contributed by atoms with E-state index in [1.165, 1.54) is 0 Å². The summed E-state index contributed by atoms with van der Waals surface area (Å²) in [5.41, 5.74) is 1.92. The first kappa shape index (κ1) is 15.2. The van der Waals surface area contributed by atoms with Gasteiger partial charge < -0.3 is 15.0 Å². The Bertz CT molecular complexity index is 699. The van der Waals surface area contributed by atoms with Crippen LogP contribution in [0.25, 0.3) is 5.69 Å². The minimum absolute atomic E-state index is 0.172. The van der Waals surface area contributed by atoms with Crippen molar-refractivity contribution in [1.82, 2.24) is 20.2 Å². The predicted molar refractivity (Wildman–Crippen MR) is 83.0 cm³/mol. The average Bonchev–Trinajstić information content (AvgIpc) is 3.24. The molecule has 7 nitrogen and oxygen atoms in total. The summed E-state index contributed by atoms with van der Waals surface area (Å²) in [4.78, 5) is 27.2. The number of hydrogen-bond donors (Lipinski definition) is 3. The fourth-order valence-electron chi connectivity index (χ4n) is 2.76. The molecule has 1 saturated heterocycles. The van der Waals surface area contributed by atoms with Gasteiger partial charge in [-0.1, -0.05) is 18.2 Å². The lowest BCUT2D eigenvalue weighted by atomic mass is 10.1. The summed E-state index contributed by atoms with van der Waals surface area (Å²) in [5, 5.41) is 14.7. The highest BCUT2D eigenvalue weighted by Gasteiger charge is 2.32. The molecule has 1 aromatic heterocycles. The van der Waals surface area contributed by atoms with Gasteiger partial charge in [0, 0.05) is 18.9 Å². The van der Waals surface area contributed by atoms with Crippen molar-refractivity contribution in [2.45, 2.75) is 31.5 Å². The molecule has 1 aromatic carbocycles. The molecule has 0 unspecified atom stereocenters. The standard InChI is InChI=1S/C16H18N4O3/c21-15(12-5-6-13(19-12)16(22)23)18-9-11-3-1-2-4-14(11)20-8-7-17-10-20/h1-4,7-8,10,12-13,19H,5-6,9H2,(H,18,21)(H,22,23)/t12-,13+/m1/s1. The Morgan fingerprint density at radius 2 is 2.09 bits per heavy atom. The zero-order valence-corrected chi connectivity index (χ0v) is 12.5. The molecule has 0 aliphatic carbocycles. The van der Waals surface area contributed by atoms with Gasteiger partial charge in [0.2, 0.25) is 5.91 Å². The van der Waals surface area contributed by atoms with Gasteiger partial charge in [0.25, 0.3) is 0 Å². The van der Waals surface area contributed by atoms with E-state index in [1.54, 1.807) is 12.5 Å². The molecule has 1 aliphatic rings. The number of carboxylic acid groups (broad SMARTS) is 1. The molecule has 2 heterocycles. The summed E-state index contributed by atoms with van der Waals surface area (Å²) >= 11 is 0. The molecule has 0 radical (unpaired) electrons. The monoisotopic (exact) mass is 314 g/mol. The van der Waals surface area contributed by atoms with Gasteiger partial charge in [0.15, 0.2) is 0 Å². The Kier molecular flexibility index (Phi) is 4.38. The van der Waals surface area contributed by atoms with E-state index in [4.69, 9.17) is 5.11 Å². The second-order valence-electron chi connectivity index (χ2n) is 5.50.